The molecule has 0 aliphatic carbocycles. The first kappa shape index (κ1) is 13.9. The fourth-order valence-corrected chi connectivity index (χ4v) is 1.74. The fourth-order valence-electron chi connectivity index (χ4n) is 1.74. The van der Waals surface area contributed by atoms with E-state index >= 15 is 0 Å². The fraction of sp³-hybridized carbons (Fsp3) is 0.500. The Balaban J connectivity index is 3.02. The number of rotatable bonds is 6. The molecule has 17 heavy (non-hydrogen) atoms. The van der Waals surface area contributed by atoms with E-state index in [1.165, 1.54) is 4.90 Å². The third-order valence-electron chi connectivity index (χ3n) is 2.53. The van der Waals surface area contributed by atoms with Crippen LogP contribution in [0.3, 0.4) is 0 Å². The largest absolute Gasteiger partial charge is 0.395 e. The predicted molar refractivity (Wildman–Crippen MR) is 64.4 cm³/mol. The molecular formula is C12H18F2N2O. The summed E-state index contributed by atoms with van der Waals surface area (Å²) >= 11 is 0. The number of hydrogen-bond acceptors (Lipinski definition) is 3. The van der Waals surface area contributed by atoms with Crippen molar-refractivity contribution in [2.24, 2.45) is 5.73 Å². The van der Waals surface area contributed by atoms with Crippen LogP contribution in [0, 0.1) is 6.92 Å². The third-order valence-corrected chi connectivity index (χ3v) is 2.53. The van der Waals surface area contributed by atoms with E-state index in [9.17, 15) is 8.78 Å². The first-order valence-electron chi connectivity index (χ1n) is 5.52. The summed E-state index contributed by atoms with van der Waals surface area (Å²) in [5, 5.41) is 8.93. The van der Waals surface area contributed by atoms with Crippen LogP contribution in [0.5, 0.6) is 0 Å². The number of aliphatic hydroxyl groups is 1. The highest BCUT2D eigenvalue weighted by atomic mass is 19.3. The average Bonchev–Trinajstić information content (AvgIpc) is 2.28. The lowest BCUT2D eigenvalue weighted by Gasteiger charge is -2.26. The van der Waals surface area contributed by atoms with E-state index in [1.54, 1.807) is 0 Å². The summed E-state index contributed by atoms with van der Waals surface area (Å²) < 4.78 is 25.0. The van der Waals surface area contributed by atoms with Crippen LogP contribution in [-0.2, 0) is 6.54 Å². The second kappa shape index (κ2) is 6.51. The summed E-state index contributed by atoms with van der Waals surface area (Å²) in [5.74, 6) is 0. The first-order chi connectivity index (χ1) is 8.08. The van der Waals surface area contributed by atoms with Crippen molar-refractivity contribution < 1.29 is 13.9 Å². The van der Waals surface area contributed by atoms with Crippen molar-refractivity contribution in [2.45, 2.75) is 19.9 Å². The van der Waals surface area contributed by atoms with Crippen LogP contribution >= 0.6 is 0 Å². The Morgan fingerprint density at radius 3 is 2.65 bits per heavy atom. The van der Waals surface area contributed by atoms with Crippen LogP contribution in [0.4, 0.5) is 14.5 Å². The molecule has 1 aromatic carbocycles. The molecule has 0 spiro atoms. The lowest BCUT2D eigenvalue weighted by molar-refractivity contribution is 0.152. The minimum Gasteiger partial charge on any atom is -0.395 e. The smallest absolute Gasteiger partial charge is 0.255 e. The summed E-state index contributed by atoms with van der Waals surface area (Å²) in [6.45, 7) is 1.81. The van der Waals surface area contributed by atoms with E-state index in [1.807, 2.05) is 25.1 Å². The maximum Gasteiger partial charge on any atom is 0.255 e. The molecule has 1 aromatic rings. The van der Waals surface area contributed by atoms with Gasteiger partial charge in [-0.3, -0.25) is 0 Å². The Labute approximate surface area is 99.8 Å². The molecule has 0 heterocycles. The van der Waals surface area contributed by atoms with Gasteiger partial charge in [0.25, 0.3) is 6.43 Å². The highest BCUT2D eigenvalue weighted by Gasteiger charge is 2.15. The molecule has 0 aromatic heterocycles. The summed E-state index contributed by atoms with van der Waals surface area (Å²) in [5.41, 5.74) is 8.06. The van der Waals surface area contributed by atoms with Crippen LogP contribution in [-0.4, -0.2) is 31.2 Å². The van der Waals surface area contributed by atoms with E-state index in [0.29, 0.717) is 12.2 Å². The van der Waals surface area contributed by atoms with E-state index in [4.69, 9.17) is 10.8 Å². The first-order valence-corrected chi connectivity index (χ1v) is 5.52. The molecule has 0 saturated heterocycles. The van der Waals surface area contributed by atoms with Gasteiger partial charge in [-0.05, 0) is 24.1 Å². The standard InChI is InChI=1S/C12H18F2N2O/c1-9-2-3-10(7-15)11(6-9)16(4-5-17)8-12(13)14/h2-3,6,12,17H,4-5,7-8,15H2,1H3. The van der Waals surface area contributed by atoms with E-state index < -0.39 is 13.0 Å². The van der Waals surface area contributed by atoms with Gasteiger partial charge in [-0.1, -0.05) is 12.1 Å². The van der Waals surface area contributed by atoms with Crippen molar-refractivity contribution in [1.29, 1.82) is 0 Å². The van der Waals surface area contributed by atoms with Crippen LogP contribution in [0.15, 0.2) is 18.2 Å². The number of nitrogens with zero attached hydrogens (tertiary/aromatic N) is 1. The highest BCUT2D eigenvalue weighted by Crippen LogP contribution is 2.22. The van der Waals surface area contributed by atoms with Crippen LogP contribution in [0.2, 0.25) is 0 Å². The number of nitrogens with two attached hydrogens (primary N) is 1. The van der Waals surface area contributed by atoms with Gasteiger partial charge < -0.3 is 15.7 Å². The Bertz CT molecular complexity index is 358. The SMILES string of the molecule is Cc1ccc(CN)c(N(CCO)CC(F)F)c1. The zero-order valence-corrected chi connectivity index (χ0v) is 9.87. The van der Waals surface area contributed by atoms with Gasteiger partial charge in [0.1, 0.15) is 0 Å². The summed E-state index contributed by atoms with van der Waals surface area (Å²) in [4.78, 5) is 1.47. The Morgan fingerprint density at radius 1 is 1.41 bits per heavy atom. The Kier molecular flexibility index (Phi) is 5.31. The van der Waals surface area contributed by atoms with E-state index in [0.717, 1.165) is 11.1 Å². The molecular weight excluding hydrogens is 226 g/mol. The number of alkyl halides is 2. The molecule has 0 aliphatic rings. The molecule has 3 N–H and O–H groups in total. The van der Waals surface area contributed by atoms with Crippen molar-refractivity contribution in [1.82, 2.24) is 0 Å². The van der Waals surface area contributed by atoms with Crippen LogP contribution in [0.1, 0.15) is 11.1 Å². The summed E-state index contributed by atoms with van der Waals surface area (Å²) in [7, 11) is 0. The van der Waals surface area contributed by atoms with Gasteiger partial charge in [0.2, 0.25) is 0 Å². The molecule has 0 unspecified atom stereocenters. The van der Waals surface area contributed by atoms with Crippen LogP contribution in [0.25, 0.3) is 0 Å². The molecule has 1 rings (SSSR count). The molecule has 3 nitrogen and oxygen atoms in total. The minimum absolute atomic E-state index is 0.162. The molecule has 0 fully saturated rings. The summed E-state index contributed by atoms with van der Waals surface area (Å²) in [6, 6.07) is 5.55. The maximum absolute atomic E-state index is 12.5. The predicted octanol–water partition coefficient (Wildman–Crippen LogP) is 1.52. The van der Waals surface area contributed by atoms with Gasteiger partial charge in [0, 0.05) is 18.8 Å². The van der Waals surface area contributed by atoms with Crippen molar-refractivity contribution in [3.8, 4) is 0 Å². The number of anilines is 1. The molecule has 0 bridgehead atoms. The zero-order chi connectivity index (χ0) is 12.8. The molecule has 0 aliphatic heterocycles. The van der Waals surface area contributed by atoms with E-state index in [-0.39, 0.29) is 13.2 Å². The molecule has 0 amide bonds. The lowest BCUT2D eigenvalue weighted by atomic mass is 10.1. The maximum atomic E-state index is 12.5. The number of halogens is 2. The van der Waals surface area contributed by atoms with Crippen molar-refractivity contribution in [3.05, 3.63) is 29.3 Å². The van der Waals surface area contributed by atoms with Gasteiger partial charge in [0.15, 0.2) is 0 Å². The normalized spacial score (nSPS) is 10.9. The molecule has 0 atom stereocenters. The molecule has 0 radical (unpaired) electrons. The average molecular weight is 244 g/mol. The number of aryl methyl sites for hydroxylation is 1. The second-order valence-electron chi connectivity index (χ2n) is 3.90. The minimum atomic E-state index is -2.44. The third kappa shape index (κ3) is 3.94. The van der Waals surface area contributed by atoms with Gasteiger partial charge in [-0.2, -0.15) is 0 Å². The Morgan fingerprint density at radius 2 is 2.12 bits per heavy atom. The quantitative estimate of drug-likeness (QED) is 0.797. The molecule has 5 heteroatoms. The van der Waals surface area contributed by atoms with Gasteiger partial charge in [0.05, 0.1) is 13.2 Å². The van der Waals surface area contributed by atoms with Crippen LogP contribution < -0.4 is 10.6 Å². The van der Waals surface area contributed by atoms with Crippen molar-refractivity contribution >= 4 is 5.69 Å². The zero-order valence-electron chi connectivity index (χ0n) is 9.87. The number of hydrogen-bond donors (Lipinski definition) is 2. The van der Waals surface area contributed by atoms with Gasteiger partial charge in [-0.15, -0.1) is 0 Å². The molecule has 96 valence electrons. The molecule has 0 saturated carbocycles. The van der Waals surface area contributed by atoms with Gasteiger partial charge in [-0.25, -0.2) is 8.78 Å². The van der Waals surface area contributed by atoms with Crippen molar-refractivity contribution in [3.63, 3.8) is 0 Å². The lowest BCUT2D eigenvalue weighted by Crippen LogP contribution is -2.32. The highest BCUT2D eigenvalue weighted by molar-refractivity contribution is 5.55. The monoisotopic (exact) mass is 244 g/mol. The number of aliphatic hydroxyl groups excluding tert-OH is 1. The second-order valence-corrected chi connectivity index (χ2v) is 3.90. The number of benzene rings is 1. The summed E-state index contributed by atoms with van der Waals surface area (Å²) in [6.07, 6.45) is -2.44. The van der Waals surface area contributed by atoms with Crippen molar-refractivity contribution in [2.75, 3.05) is 24.6 Å². The topological polar surface area (TPSA) is 49.5 Å². The Hall–Kier alpha value is -1.20. The van der Waals surface area contributed by atoms with E-state index in [2.05, 4.69) is 0 Å². The van der Waals surface area contributed by atoms with Gasteiger partial charge >= 0.3 is 0 Å².